The summed E-state index contributed by atoms with van der Waals surface area (Å²) < 4.78 is 38.7. The zero-order chi connectivity index (χ0) is 15.8. The maximum Gasteiger partial charge on any atom is 0.416 e. The highest BCUT2D eigenvalue weighted by atomic mass is 19.4. The van der Waals surface area contributed by atoms with Crippen molar-refractivity contribution in [1.82, 2.24) is 5.32 Å². The number of hydrogen-bond acceptors (Lipinski definition) is 3. The number of nitrogens with one attached hydrogen (secondary N) is 1. The molecule has 2 aliphatic heterocycles. The van der Waals surface area contributed by atoms with Crippen molar-refractivity contribution in [2.24, 2.45) is 5.41 Å². The number of piperidine rings is 1. The summed E-state index contributed by atoms with van der Waals surface area (Å²) in [6, 6.07) is 3.35. The van der Waals surface area contributed by atoms with Crippen molar-refractivity contribution < 1.29 is 18.0 Å². The van der Waals surface area contributed by atoms with Crippen molar-refractivity contribution in [1.29, 1.82) is 0 Å². The van der Waals surface area contributed by atoms with E-state index in [4.69, 9.17) is 0 Å². The number of aldehydes is 1. The largest absolute Gasteiger partial charge is 0.416 e. The molecule has 2 fully saturated rings. The molecule has 1 N–H and O–H groups in total. The van der Waals surface area contributed by atoms with Crippen LogP contribution in [0.4, 0.5) is 18.9 Å². The van der Waals surface area contributed by atoms with E-state index in [1.807, 2.05) is 4.90 Å². The Morgan fingerprint density at radius 1 is 1.18 bits per heavy atom. The van der Waals surface area contributed by atoms with Gasteiger partial charge in [-0.15, -0.1) is 0 Å². The molecule has 0 radical (unpaired) electrons. The van der Waals surface area contributed by atoms with Gasteiger partial charge < -0.3 is 10.2 Å². The van der Waals surface area contributed by atoms with Crippen molar-refractivity contribution >= 4 is 12.0 Å². The summed E-state index contributed by atoms with van der Waals surface area (Å²) in [6.45, 7) is 3.40. The smallest absolute Gasteiger partial charge is 0.371 e. The van der Waals surface area contributed by atoms with Gasteiger partial charge in [0.25, 0.3) is 0 Å². The van der Waals surface area contributed by atoms with E-state index in [9.17, 15) is 18.0 Å². The Hall–Kier alpha value is -1.56. The normalized spacial score (nSPS) is 21.3. The van der Waals surface area contributed by atoms with Crippen LogP contribution < -0.4 is 10.2 Å². The van der Waals surface area contributed by atoms with Crippen molar-refractivity contribution in [3.05, 3.63) is 29.3 Å². The minimum atomic E-state index is -4.39. The molecule has 6 heteroatoms. The van der Waals surface area contributed by atoms with E-state index < -0.39 is 11.7 Å². The third-order valence-electron chi connectivity index (χ3n) is 4.98. The molecule has 2 aliphatic rings. The molecular weight excluding hydrogens is 293 g/mol. The van der Waals surface area contributed by atoms with Crippen molar-refractivity contribution in [3.63, 3.8) is 0 Å². The van der Waals surface area contributed by atoms with Gasteiger partial charge in [-0.25, -0.2) is 0 Å². The van der Waals surface area contributed by atoms with Crippen LogP contribution in [0.25, 0.3) is 0 Å². The first-order chi connectivity index (χ1) is 10.4. The van der Waals surface area contributed by atoms with Gasteiger partial charge in [-0.3, -0.25) is 4.79 Å². The summed E-state index contributed by atoms with van der Waals surface area (Å²) in [4.78, 5) is 13.1. The molecule has 0 bridgehead atoms. The van der Waals surface area contributed by atoms with Crippen LogP contribution in [0.2, 0.25) is 0 Å². The first kappa shape index (κ1) is 15.3. The molecule has 1 aromatic rings. The Labute approximate surface area is 127 Å². The fourth-order valence-corrected chi connectivity index (χ4v) is 3.54. The summed E-state index contributed by atoms with van der Waals surface area (Å²) in [6.07, 6.45) is -0.716. The molecule has 1 aromatic carbocycles. The number of hydrogen-bond donors (Lipinski definition) is 1. The Kier molecular flexibility index (Phi) is 3.89. The van der Waals surface area contributed by atoms with Crippen LogP contribution in [-0.2, 0) is 6.18 Å². The summed E-state index contributed by atoms with van der Waals surface area (Å²) in [5.41, 5.74) is 0.328. The second kappa shape index (κ2) is 5.57. The standard InChI is InChI=1S/C16H19F3N2O/c17-16(18,19)13-2-1-12(10-22)14(9-13)21-7-4-15(5-8-21)3-6-20-11-15/h1-2,9-10,20H,3-8,11H2. The average molecular weight is 312 g/mol. The van der Waals surface area contributed by atoms with Gasteiger partial charge in [0.2, 0.25) is 0 Å². The van der Waals surface area contributed by atoms with E-state index >= 15 is 0 Å². The highest BCUT2D eigenvalue weighted by molar-refractivity contribution is 5.85. The first-order valence-corrected chi connectivity index (χ1v) is 7.56. The molecule has 3 nitrogen and oxygen atoms in total. The Morgan fingerprint density at radius 3 is 2.45 bits per heavy atom. The summed E-state index contributed by atoms with van der Waals surface area (Å²) >= 11 is 0. The van der Waals surface area contributed by atoms with Gasteiger partial charge in [-0.05, 0) is 49.4 Å². The second-order valence-electron chi connectivity index (χ2n) is 6.30. The minimum absolute atomic E-state index is 0.291. The zero-order valence-electron chi connectivity index (χ0n) is 12.2. The van der Waals surface area contributed by atoms with Crippen LogP contribution in [0.5, 0.6) is 0 Å². The fraction of sp³-hybridized carbons (Fsp3) is 0.562. The fourth-order valence-electron chi connectivity index (χ4n) is 3.54. The third kappa shape index (κ3) is 2.84. The lowest BCUT2D eigenvalue weighted by Gasteiger charge is -2.40. The van der Waals surface area contributed by atoms with Gasteiger partial charge in [0, 0.05) is 30.9 Å². The van der Waals surface area contributed by atoms with Gasteiger partial charge >= 0.3 is 6.18 Å². The summed E-state index contributed by atoms with van der Waals surface area (Å²) in [5.74, 6) is 0. The average Bonchev–Trinajstić information content (AvgIpc) is 2.95. The van der Waals surface area contributed by atoms with E-state index in [1.54, 1.807) is 0 Å². The predicted octanol–water partition coefficient (Wildman–Crippen LogP) is 3.10. The molecule has 0 aromatic heterocycles. The number of halogens is 3. The predicted molar refractivity (Wildman–Crippen MR) is 78.2 cm³/mol. The van der Waals surface area contributed by atoms with Crippen molar-refractivity contribution in [2.45, 2.75) is 25.4 Å². The monoisotopic (exact) mass is 312 g/mol. The Morgan fingerprint density at radius 2 is 1.91 bits per heavy atom. The lowest BCUT2D eigenvalue weighted by molar-refractivity contribution is -0.137. The molecule has 120 valence electrons. The van der Waals surface area contributed by atoms with E-state index in [2.05, 4.69) is 5.32 Å². The molecule has 0 aliphatic carbocycles. The van der Waals surface area contributed by atoms with Gasteiger partial charge in [-0.2, -0.15) is 13.2 Å². The summed E-state index contributed by atoms with van der Waals surface area (Å²) in [7, 11) is 0. The number of alkyl halides is 3. The van der Waals surface area contributed by atoms with Crippen LogP contribution >= 0.6 is 0 Å². The quantitative estimate of drug-likeness (QED) is 0.852. The van der Waals surface area contributed by atoms with Crippen molar-refractivity contribution in [2.75, 3.05) is 31.1 Å². The molecule has 0 saturated carbocycles. The van der Waals surface area contributed by atoms with Gasteiger partial charge in [-0.1, -0.05) is 0 Å². The van der Waals surface area contributed by atoms with Crippen LogP contribution in [0.15, 0.2) is 18.2 Å². The number of anilines is 1. The van der Waals surface area contributed by atoms with Crippen LogP contribution in [0.3, 0.4) is 0 Å². The molecular formula is C16H19F3N2O. The molecule has 0 unspecified atom stereocenters. The molecule has 22 heavy (non-hydrogen) atoms. The van der Waals surface area contributed by atoms with Crippen LogP contribution in [-0.4, -0.2) is 32.5 Å². The minimum Gasteiger partial charge on any atom is -0.371 e. The zero-order valence-corrected chi connectivity index (χ0v) is 12.2. The number of rotatable bonds is 2. The third-order valence-corrected chi connectivity index (χ3v) is 4.98. The maximum atomic E-state index is 12.9. The molecule has 0 atom stereocenters. The van der Waals surface area contributed by atoms with Gasteiger partial charge in [0.1, 0.15) is 0 Å². The van der Waals surface area contributed by atoms with Gasteiger partial charge in [0.05, 0.1) is 5.56 Å². The molecule has 2 heterocycles. The Balaban J connectivity index is 1.83. The first-order valence-electron chi connectivity index (χ1n) is 7.56. The van der Waals surface area contributed by atoms with Gasteiger partial charge in [0.15, 0.2) is 6.29 Å². The highest BCUT2D eigenvalue weighted by Crippen LogP contribution is 2.40. The van der Waals surface area contributed by atoms with Crippen LogP contribution in [0.1, 0.15) is 35.2 Å². The van der Waals surface area contributed by atoms with E-state index in [0.717, 1.165) is 44.5 Å². The van der Waals surface area contributed by atoms with E-state index in [1.165, 1.54) is 6.07 Å². The molecule has 0 amide bonds. The molecule has 2 saturated heterocycles. The number of carbonyl (C=O) groups excluding carboxylic acids is 1. The summed E-state index contributed by atoms with van der Waals surface area (Å²) in [5, 5.41) is 3.37. The maximum absolute atomic E-state index is 12.9. The Bertz CT molecular complexity index is 555. The number of nitrogens with zero attached hydrogens (tertiary/aromatic N) is 1. The second-order valence-corrected chi connectivity index (χ2v) is 6.30. The van der Waals surface area contributed by atoms with Crippen molar-refractivity contribution in [3.8, 4) is 0 Å². The lowest BCUT2D eigenvalue weighted by Crippen LogP contribution is -2.41. The van der Waals surface area contributed by atoms with E-state index in [0.29, 0.717) is 36.0 Å². The SMILES string of the molecule is O=Cc1ccc(C(F)(F)F)cc1N1CCC2(CCNC2)CC1. The lowest BCUT2D eigenvalue weighted by atomic mass is 9.77. The van der Waals surface area contributed by atoms with E-state index in [-0.39, 0.29) is 0 Å². The molecule has 3 rings (SSSR count). The highest BCUT2D eigenvalue weighted by Gasteiger charge is 2.38. The number of carbonyl (C=O) groups is 1. The topological polar surface area (TPSA) is 32.3 Å². The van der Waals surface area contributed by atoms with Crippen LogP contribution in [0, 0.1) is 5.41 Å². The molecule has 1 spiro atoms. The number of benzene rings is 1.